The molecule has 2 N–H and O–H groups in total. The van der Waals surface area contributed by atoms with E-state index in [1.807, 2.05) is 6.92 Å². The summed E-state index contributed by atoms with van der Waals surface area (Å²) in [5.41, 5.74) is 1.55. The number of aryl methyl sites for hydroxylation is 1. The van der Waals surface area contributed by atoms with Crippen molar-refractivity contribution in [2.75, 3.05) is 12.8 Å². The van der Waals surface area contributed by atoms with E-state index < -0.39 is 10.0 Å². The van der Waals surface area contributed by atoms with Gasteiger partial charge in [-0.25, -0.2) is 13.1 Å². The largest absolute Gasteiger partial charge is 0.392 e. The number of aliphatic hydroxyl groups is 1. The standard InChI is InChI=1S/C15H23NO3S2/c1-12-5-6-14(9-13(12)10-17)21(18,19)16-11-15(20-2)7-3-4-8-15/h5-6,9,16-17H,3-4,7-8,10-11H2,1-2H3. The molecule has 1 fully saturated rings. The molecule has 21 heavy (non-hydrogen) atoms. The van der Waals surface area contributed by atoms with Crippen LogP contribution in [-0.2, 0) is 16.6 Å². The molecule has 1 aromatic rings. The van der Waals surface area contributed by atoms with E-state index in [4.69, 9.17) is 0 Å². The summed E-state index contributed by atoms with van der Waals surface area (Å²) in [7, 11) is -3.52. The van der Waals surface area contributed by atoms with Gasteiger partial charge in [-0.05, 0) is 49.3 Å². The van der Waals surface area contributed by atoms with Gasteiger partial charge in [0.15, 0.2) is 0 Å². The van der Waals surface area contributed by atoms with E-state index in [0.717, 1.165) is 18.4 Å². The summed E-state index contributed by atoms with van der Waals surface area (Å²) in [6.07, 6.45) is 6.51. The van der Waals surface area contributed by atoms with Crippen molar-refractivity contribution in [3.05, 3.63) is 29.3 Å². The lowest BCUT2D eigenvalue weighted by Crippen LogP contribution is -2.38. The van der Waals surface area contributed by atoms with Crippen molar-refractivity contribution in [1.82, 2.24) is 4.72 Å². The maximum absolute atomic E-state index is 12.4. The zero-order valence-corrected chi connectivity index (χ0v) is 14.2. The Morgan fingerprint density at radius 3 is 2.57 bits per heavy atom. The quantitative estimate of drug-likeness (QED) is 0.841. The van der Waals surface area contributed by atoms with Gasteiger partial charge in [0.2, 0.25) is 10.0 Å². The van der Waals surface area contributed by atoms with Gasteiger partial charge < -0.3 is 5.11 Å². The Hall–Kier alpha value is -0.560. The third kappa shape index (κ3) is 3.80. The molecule has 0 radical (unpaired) electrons. The number of nitrogens with one attached hydrogen (secondary N) is 1. The van der Waals surface area contributed by atoms with Crippen LogP contribution in [0.2, 0.25) is 0 Å². The van der Waals surface area contributed by atoms with Crippen LogP contribution < -0.4 is 4.72 Å². The van der Waals surface area contributed by atoms with E-state index in [-0.39, 0.29) is 16.2 Å². The molecule has 0 bridgehead atoms. The van der Waals surface area contributed by atoms with E-state index in [2.05, 4.69) is 11.0 Å². The first kappa shape index (κ1) is 16.8. The summed E-state index contributed by atoms with van der Waals surface area (Å²) in [6, 6.07) is 4.88. The van der Waals surface area contributed by atoms with E-state index >= 15 is 0 Å². The van der Waals surface area contributed by atoms with Gasteiger partial charge in [-0.2, -0.15) is 11.8 Å². The summed E-state index contributed by atoms with van der Waals surface area (Å²) in [6.45, 7) is 2.18. The number of hydrogen-bond acceptors (Lipinski definition) is 4. The molecule has 0 saturated heterocycles. The molecule has 118 valence electrons. The maximum Gasteiger partial charge on any atom is 0.240 e. The van der Waals surface area contributed by atoms with E-state index in [1.54, 1.807) is 30.0 Å². The van der Waals surface area contributed by atoms with E-state index in [1.165, 1.54) is 12.8 Å². The summed E-state index contributed by atoms with van der Waals surface area (Å²) in [5, 5.41) is 9.27. The highest BCUT2D eigenvalue weighted by molar-refractivity contribution is 8.00. The molecule has 2 rings (SSSR count). The van der Waals surface area contributed by atoms with Crippen molar-refractivity contribution < 1.29 is 13.5 Å². The third-order valence-electron chi connectivity index (χ3n) is 4.33. The Bertz CT molecular complexity index is 593. The second-order valence-corrected chi connectivity index (χ2v) is 8.71. The smallest absolute Gasteiger partial charge is 0.240 e. The average molecular weight is 329 g/mol. The van der Waals surface area contributed by atoms with Crippen LogP contribution in [0.5, 0.6) is 0 Å². The van der Waals surface area contributed by atoms with Crippen molar-refractivity contribution in [3.8, 4) is 0 Å². The highest BCUT2D eigenvalue weighted by Crippen LogP contribution is 2.39. The first-order valence-corrected chi connectivity index (χ1v) is 9.88. The first-order chi connectivity index (χ1) is 9.92. The van der Waals surface area contributed by atoms with Crippen molar-refractivity contribution in [2.45, 2.75) is 48.9 Å². The van der Waals surface area contributed by atoms with E-state index in [0.29, 0.717) is 12.1 Å². The van der Waals surface area contributed by atoms with Crippen molar-refractivity contribution in [2.24, 2.45) is 0 Å². The van der Waals surface area contributed by atoms with Gasteiger partial charge in [0, 0.05) is 11.3 Å². The Kier molecular flexibility index (Phi) is 5.35. The Balaban J connectivity index is 2.15. The molecule has 1 aromatic carbocycles. The maximum atomic E-state index is 12.4. The fourth-order valence-electron chi connectivity index (χ4n) is 2.77. The van der Waals surface area contributed by atoms with Gasteiger partial charge in [-0.3, -0.25) is 0 Å². The normalized spacial score (nSPS) is 18.0. The molecule has 1 aliphatic rings. The first-order valence-electron chi connectivity index (χ1n) is 7.18. The molecular formula is C15H23NO3S2. The number of rotatable bonds is 6. The SMILES string of the molecule is CSC1(CNS(=O)(=O)c2ccc(C)c(CO)c2)CCCC1. The van der Waals surface area contributed by atoms with Crippen molar-refractivity contribution >= 4 is 21.8 Å². The van der Waals surface area contributed by atoms with Crippen LogP contribution in [0.4, 0.5) is 0 Å². The molecule has 0 amide bonds. The lowest BCUT2D eigenvalue weighted by Gasteiger charge is -2.26. The van der Waals surface area contributed by atoms with Crippen LogP contribution in [0, 0.1) is 6.92 Å². The van der Waals surface area contributed by atoms with Gasteiger partial charge >= 0.3 is 0 Å². The van der Waals surface area contributed by atoms with Crippen molar-refractivity contribution in [3.63, 3.8) is 0 Å². The summed E-state index contributed by atoms with van der Waals surface area (Å²) >= 11 is 1.76. The average Bonchev–Trinajstić information content (AvgIpc) is 2.95. The molecule has 4 nitrogen and oxygen atoms in total. The number of benzene rings is 1. The second kappa shape index (κ2) is 6.69. The summed E-state index contributed by atoms with van der Waals surface area (Å²) in [4.78, 5) is 0.228. The highest BCUT2D eigenvalue weighted by Gasteiger charge is 2.34. The monoisotopic (exact) mass is 329 g/mol. The molecular weight excluding hydrogens is 306 g/mol. The van der Waals surface area contributed by atoms with Crippen LogP contribution in [0.3, 0.4) is 0 Å². The molecule has 0 unspecified atom stereocenters. The van der Waals surface area contributed by atoms with Crippen molar-refractivity contribution in [1.29, 1.82) is 0 Å². The van der Waals surface area contributed by atoms with Crippen LogP contribution >= 0.6 is 11.8 Å². The molecule has 1 saturated carbocycles. The summed E-state index contributed by atoms with van der Waals surface area (Å²) in [5.74, 6) is 0. The number of thioether (sulfide) groups is 1. The molecule has 1 aliphatic carbocycles. The van der Waals surface area contributed by atoms with Gasteiger partial charge in [0.25, 0.3) is 0 Å². The van der Waals surface area contributed by atoms with E-state index in [9.17, 15) is 13.5 Å². The number of sulfonamides is 1. The third-order valence-corrected chi connectivity index (χ3v) is 7.15. The fourth-order valence-corrected chi connectivity index (χ4v) is 4.95. The zero-order valence-electron chi connectivity index (χ0n) is 12.6. The van der Waals surface area contributed by atoms with Gasteiger partial charge in [-0.15, -0.1) is 0 Å². The predicted octanol–water partition coefficient (Wildman–Crippen LogP) is 2.44. The zero-order chi connectivity index (χ0) is 15.5. The Morgan fingerprint density at radius 2 is 2.00 bits per heavy atom. The Morgan fingerprint density at radius 1 is 1.33 bits per heavy atom. The van der Waals surface area contributed by atoms with Crippen LogP contribution in [0.15, 0.2) is 23.1 Å². The molecule has 0 aliphatic heterocycles. The van der Waals surface area contributed by atoms with Crippen LogP contribution in [0.1, 0.15) is 36.8 Å². The lowest BCUT2D eigenvalue weighted by atomic mass is 10.1. The highest BCUT2D eigenvalue weighted by atomic mass is 32.2. The minimum atomic E-state index is -3.52. The van der Waals surface area contributed by atoms with Crippen LogP contribution in [0.25, 0.3) is 0 Å². The molecule has 0 heterocycles. The van der Waals surface area contributed by atoms with Gasteiger partial charge in [-0.1, -0.05) is 18.9 Å². The molecule has 6 heteroatoms. The molecule has 0 aromatic heterocycles. The Labute approximate surface area is 131 Å². The molecule has 0 atom stereocenters. The second-order valence-electron chi connectivity index (χ2n) is 5.67. The minimum absolute atomic E-state index is 0.0393. The number of hydrogen-bond donors (Lipinski definition) is 2. The topological polar surface area (TPSA) is 66.4 Å². The predicted molar refractivity (Wildman–Crippen MR) is 87.0 cm³/mol. The lowest BCUT2D eigenvalue weighted by molar-refractivity contribution is 0.280. The minimum Gasteiger partial charge on any atom is -0.392 e. The van der Waals surface area contributed by atoms with Gasteiger partial charge in [0.1, 0.15) is 0 Å². The van der Waals surface area contributed by atoms with Gasteiger partial charge in [0.05, 0.1) is 11.5 Å². The van der Waals surface area contributed by atoms with Crippen LogP contribution in [-0.4, -0.2) is 31.1 Å². The fraction of sp³-hybridized carbons (Fsp3) is 0.600. The number of aliphatic hydroxyl groups excluding tert-OH is 1. The molecule has 0 spiro atoms. The summed E-state index contributed by atoms with van der Waals surface area (Å²) < 4.78 is 27.6.